The fourth-order valence-electron chi connectivity index (χ4n) is 1.40. The maximum Gasteiger partial charge on any atom is 0.336 e. The Morgan fingerprint density at radius 2 is 1.78 bits per heavy atom. The van der Waals surface area contributed by atoms with Crippen molar-refractivity contribution >= 4 is 11.9 Å². The summed E-state index contributed by atoms with van der Waals surface area (Å²) in [5, 5.41) is 21.0. The molecule has 5 heteroatoms. The Kier molecular flexibility index (Phi) is 4.85. The van der Waals surface area contributed by atoms with Crippen LogP contribution in [0.4, 0.5) is 0 Å². The molecule has 1 unspecified atom stereocenters. The van der Waals surface area contributed by atoms with Crippen molar-refractivity contribution in [2.75, 3.05) is 6.54 Å². The monoisotopic (exact) mass is 251 g/mol. The molecule has 0 fully saturated rings. The van der Waals surface area contributed by atoms with Crippen LogP contribution >= 0.6 is 0 Å². The summed E-state index contributed by atoms with van der Waals surface area (Å²) in [6.07, 6.45) is -0.647. The minimum atomic E-state index is -1.15. The number of carbonyl (C=O) groups is 2. The number of amides is 1. The number of aliphatic hydroxyl groups excluding tert-OH is 1. The van der Waals surface area contributed by atoms with Crippen LogP contribution < -0.4 is 5.32 Å². The maximum atomic E-state index is 11.8. The van der Waals surface area contributed by atoms with Crippen molar-refractivity contribution in [2.24, 2.45) is 5.92 Å². The van der Waals surface area contributed by atoms with E-state index < -0.39 is 18.0 Å². The van der Waals surface area contributed by atoms with Crippen molar-refractivity contribution in [1.82, 2.24) is 5.32 Å². The largest absolute Gasteiger partial charge is 0.478 e. The van der Waals surface area contributed by atoms with E-state index >= 15 is 0 Å². The number of carboxylic acid groups (broad SMARTS) is 1. The molecule has 1 rings (SSSR count). The average molecular weight is 251 g/mol. The Bertz CT molecular complexity index is 442. The van der Waals surface area contributed by atoms with Crippen LogP contribution in [-0.2, 0) is 0 Å². The van der Waals surface area contributed by atoms with Gasteiger partial charge in [0.05, 0.1) is 17.2 Å². The molecule has 1 atom stereocenters. The van der Waals surface area contributed by atoms with E-state index in [-0.39, 0.29) is 23.6 Å². The van der Waals surface area contributed by atoms with Crippen molar-refractivity contribution in [3.05, 3.63) is 35.4 Å². The van der Waals surface area contributed by atoms with Gasteiger partial charge in [-0.05, 0) is 18.1 Å². The first-order valence-corrected chi connectivity index (χ1v) is 5.72. The summed E-state index contributed by atoms with van der Waals surface area (Å²) in [7, 11) is 0. The highest BCUT2D eigenvalue weighted by molar-refractivity contribution is 6.04. The Morgan fingerprint density at radius 3 is 2.28 bits per heavy atom. The van der Waals surface area contributed by atoms with Gasteiger partial charge in [0.15, 0.2) is 0 Å². The van der Waals surface area contributed by atoms with Crippen molar-refractivity contribution in [3.63, 3.8) is 0 Å². The molecule has 0 aliphatic rings. The van der Waals surface area contributed by atoms with E-state index in [1.54, 1.807) is 12.1 Å². The van der Waals surface area contributed by atoms with Gasteiger partial charge in [0.25, 0.3) is 5.91 Å². The highest BCUT2D eigenvalue weighted by Crippen LogP contribution is 2.09. The maximum absolute atomic E-state index is 11.8. The van der Waals surface area contributed by atoms with Gasteiger partial charge in [-0.25, -0.2) is 4.79 Å². The lowest BCUT2D eigenvalue weighted by molar-refractivity contribution is 0.0689. The number of hydrogen-bond donors (Lipinski definition) is 3. The van der Waals surface area contributed by atoms with Gasteiger partial charge in [0.2, 0.25) is 0 Å². The lowest BCUT2D eigenvalue weighted by Crippen LogP contribution is -2.35. The van der Waals surface area contributed by atoms with Crippen LogP contribution in [0.3, 0.4) is 0 Å². The number of aliphatic hydroxyl groups is 1. The minimum absolute atomic E-state index is 0.0278. The van der Waals surface area contributed by atoms with E-state index in [2.05, 4.69) is 5.32 Å². The molecule has 1 aromatic carbocycles. The van der Waals surface area contributed by atoms with Crippen LogP contribution in [0.1, 0.15) is 34.6 Å². The highest BCUT2D eigenvalue weighted by Gasteiger charge is 2.17. The SMILES string of the molecule is CC(C)C(O)CNC(=O)c1ccccc1C(=O)O. The molecule has 0 aromatic heterocycles. The fraction of sp³-hybridized carbons (Fsp3) is 0.385. The van der Waals surface area contributed by atoms with E-state index in [0.717, 1.165) is 0 Å². The van der Waals surface area contributed by atoms with Gasteiger partial charge in [0.1, 0.15) is 0 Å². The summed E-state index contributed by atoms with van der Waals surface area (Å²) in [6, 6.07) is 5.97. The predicted molar refractivity (Wildman–Crippen MR) is 66.6 cm³/mol. The van der Waals surface area contributed by atoms with Crippen LogP contribution in [-0.4, -0.2) is 34.7 Å². The molecule has 1 aromatic rings. The van der Waals surface area contributed by atoms with E-state index in [1.807, 2.05) is 13.8 Å². The number of nitrogens with one attached hydrogen (secondary N) is 1. The summed E-state index contributed by atoms with van der Waals surface area (Å²) in [5.74, 6) is -1.61. The Morgan fingerprint density at radius 1 is 1.22 bits per heavy atom. The van der Waals surface area contributed by atoms with Crippen LogP contribution in [0.5, 0.6) is 0 Å². The van der Waals surface area contributed by atoms with Crippen LogP contribution in [0.2, 0.25) is 0 Å². The number of benzene rings is 1. The third-order valence-electron chi connectivity index (χ3n) is 2.64. The lowest BCUT2D eigenvalue weighted by atomic mass is 10.1. The Hall–Kier alpha value is -1.88. The van der Waals surface area contributed by atoms with Crippen molar-refractivity contribution < 1.29 is 19.8 Å². The van der Waals surface area contributed by atoms with Gasteiger partial charge in [-0.1, -0.05) is 26.0 Å². The molecule has 0 bridgehead atoms. The van der Waals surface area contributed by atoms with Gasteiger partial charge in [-0.2, -0.15) is 0 Å². The molecule has 18 heavy (non-hydrogen) atoms. The van der Waals surface area contributed by atoms with Crippen molar-refractivity contribution in [2.45, 2.75) is 20.0 Å². The zero-order valence-electron chi connectivity index (χ0n) is 10.4. The van der Waals surface area contributed by atoms with Crippen LogP contribution in [0.15, 0.2) is 24.3 Å². The first-order valence-electron chi connectivity index (χ1n) is 5.72. The standard InChI is InChI=1S/C13H17NO4/c1-8(2)11(15)7-14-12(16)9-5-3-4-6-10(9)13(17)18/h3-6,8,11,15H,7H2,1-2H3,(H,14,16)(H,17,18). The van der Waals surface area contributed by atoms with Gasteiger partial charge in [-0.15, -0.1) is 0 Å². The number of rotatable bonds is 5. The molecule has 5 nitrogen and oxygen atoms in total. The summed E-state index contributed by atoms with van der Waals surface area (Å²) in [5.41, 5.74) is 0.0509. The van der Waals surface area contributed by atoms with Crippen LogP contribution in [0, 0.1) is 5.92 Å². The molecule has 0 spiro atoms. The molecule has 98 valence electrons. The molecule has 0 aliphatic carbocycles. The Balaban J connectivity index is 2.76. The highest BCUT2D eigenvalue weighted by atomic mass is 16.4. The fourth-order valence-corrected chi connectivity index (χ4v) is 1.40. The predicted octanol–water partition coefficient (Wildman–Crippen LogP) is 1.13. The van der Waals surface area contributed by atoms with Gasteiger partial charge >= 0.3 is 5.97 Å². The van der Waals surface area contributed by atoms with Gasteiger partial charge in [0, 0.05) is 6.54 Å². The minimum Gasteiger partial charge on any atom is -0.478 e. The normalized spacial score (nSPS) is 12.2. The summed E-state index contributed by atoms with van der Waals surface area (Å²) in [4.78, 5) is 22.8. The second-order valence-electron chi connectivity index (χ2n) is 4.37. The van der Waals surface area contributed by atoms with E-state index in [0.29, 0.717) is 0 Å². The third-order valence-corrected chi connectivity index (χ3v) is 2.64. The number of hydrogen-bond acceptors (Lipinski definition) is 3. The zero-order chi connectivity index (χ0) is 13.7. The van der Waals surface area contributed by atoms with Crippen molar-refractivity contribution in [3.8, 4) is 0 Å². The second kappa shape index (κ2) is 6.16. The molecule has 0 radical (unpaired) electrons. The summed E-state index contributed by atoms with van der Waals surface area (Å²) in [6.45, 7) is 3.77. The molecule has 0 saturated carbocycles. The first kappa shape index (κ1) is 14.2. The number of aromatic carboxylic acids is 1. The van der Waals surface area contributed by atoms with E-state index in [4.69, 9.17) is 5.11 Å². The molecular weight excluding hydrogens is 234 g/mol. The Labute approximate surface area is 105 Å². The van der Waals surface area contributed by atoms with Gasteiger partial charge in [-0.3, -0.25) is 4.79 Å². The number of carbonyl (C=O) groups excluding carboxylic acids is 1. The van der Waals surface area contributed by atoms with Gasteiger partial charge < -0.3 is 15.5 Å². The summed E-state index contributed by atoms with van der Waals surface area (Å²) < 4.78 is 0. The first-order chi connectivity index (χ1) is 8.43. The van der Waals surface area contributed by atoms with E-state index in [1.165, 1.54) is 12.1 Å². The molecule has 0 aliphatic heterocycles. The molecule has 3 N–H and O–H groups in total. The average Bonchev–Trinajstić information content (AvgIpc) is 2.35. The quantitative estimate of drug-likeness (QED) is 0.732. The second-order valence-corrected chi connectivity index (χ2v) is 4.37. The third kappa shape index (κ3) is 3.56. The molecule has 0 heterocycles. The van der Waals surface area contributed by atoms with Crippen molar-refractivity contribution in [1.29, 1.82) is 0 Å². The van der Waals surface area contributed by atoms with E-state index in [9.17, 15) is 14.7 Å². The van der Waals surface area contributed by atoms with Crippen LogP contribution in [0.25, 0.3) is 0 Å². The molecule has 0 saturated heterocycles. The number of carboxylic acids is 1. The summed E-state index contributed by atoms with van der Waals surface area (Å²) >= 11 is 0. The zero-order valence-corrected chi connectivity index (χ0v) is 10.4. The topological polar surface area (TPSA) is 86.6 Å². The molecule has 1 amide bonds. The molecular formula is C13H17NO4. The smallest absolute Gasteiger partial charge is 0.336 e. The lowest BCUT2D eigenvalue weighted by Gasteiger charge is -2.15.